The summed E-state index contributed by atoms with van der Waals surface area (Å²) in [7, 11) is 0. The topological polar surface area (TPSA) is 68.9 Å². The minimum atomic E-state index is -1.09. The van der Waals surface area contributed by atoms with Crippen molar-refractivity contribution in [3.8, 4) is 11.5 Å². The number of carboxylic acids is 1. The molecule has 0 unspecified atom stereocenters. The van der Waals surface area contributed by atoms with Gasteiger partial charge in [-0.2, -0.15) is 0 Å². The summed E-state index contributed by atoms with van der Waals surface area (Å²) in [5, 5.41) is 10.5. The van der Waals surface area contributed by atoms with Crippen molar-refractivity contribution in [3.63, 3.8) is 0 Å². The van der Waals surface area contributed by atoms with Crippen LogP contribution in [0.3, 0.4) is 0 Å². The molecule has 0 spiro atoms. The normalized spacial score (nSPS) is 10.9. The van der Waals surface area contributed by atoms with E-state index in [2.05, 4.69) is 0 Å². The van der Waals surface area contributed by atoms with E-state index in [-0.39, 0.29) is 5.76 Å². The predicted octanol–water partition coefficient (Wildman–Crippen LogP) is 5.25. The Morgan fingerprint density at radius 3 is 2.62 bits per heavy atom. The molecule has 0 aliphatic rings. The molecule has 0 bridgehead atoms. The lowest BCUT2D eigenvalue weighted by Gasteiger charge is -2.10. The summed E-state index contributed by atoms with van der Waals surface area (Å²) in [6.45, 7) is 4.78. The lowest BCUT2D eigenvalue weighted by Crippen LogP contribution is -2.05. The second kappa shape index (κ2) is 7.70. The quantitative estimate of drug-likeness (QED) is 0.572. The van der Waals surface area contributed by atoms with Crippen molar-refractivity contribution >= 4 is 28.5 Å². The maximum Gasteiger partial charge on any atom is 0.371 e. The van der Waals surface area contributed by atoms with Gasteiger partial charge in [-0.05, 0) is 55.8 Å². The number of hydrogen-bond donors (Lipinski definition) is 1. The molecule has 1 aromatic heterocycles. The molecule has 6 heteroatoms. The number of furan rings is 1. The fraction of sp³-hybridized carbons (Fsp3) is 0.250. The Labute approximate surface area is 156 Å². The molecule has 5 nitrogen and oxygen atoms in total. The zero-order chi connectivity index (χ0) is 18.7. The molecule has 0 fully saturated rings. The van der Waals surface area contributed by atoms with Gasteiger partial charge in [-0.15, -0.1) is 0 Å². The Bertz CT molecular complexity index is 945. The van der Waals surface area contributed by atoms with Crippen molar-refractivity contribution in [2.75, 3.05) is 13.2 Å². The Kier molecular flexibility index (Phi) is 5.38. The smallest absolute Gasteiger partial charge is 0.371 e. The third-order valence-electron chi connectivity index (χ3n) is 4.04. The summed E-state index contributed by atoms with van der Waals surface area (Å²) >= 11 is 5.99. The molecule has 0 aliphatic carbocycles. The standard InChI is InChI=1S/C20H19ClO5/c1-12-10-15(5-6-16(12)21)24-8-3-9-25-17-7-4-14-11-18(20(22)23)26-19(14)13(17)2/h4-7,10-11H,3,8-9H2,1-2H3,(H,22,23). The van der Waals surface area contributed by atoms with E-state index in [0.29, 0.717) is 31.0 Å². The second-order valence-electron chi connectivity index (χ2n) is 5.98. The van der Waals surface area contributed by atoms with E-state index in [0.717, 1.165) is 27.3 Å². The number of aryl methyl sites for hydroxylation is 2. The van der Waals surface area contributed by atoms with Gasteiger partial charge in [0.05, 0.1) is 13.2 Å². The molecular formula is C20H19ClO5. The molecule has 2 aromatic carbocycles. The van der Waals surface area contributed by atoms with Gasteiger partial charge in [0.1, 0.15) is 17.1 Å². The summed E-state index contributed by atoms with van der Waals surface area (Å²) < 4.78 is 16.9. The fourth-order valence-electron chi connectivity index (χ4n) is 2.62. The van der Waals surface area contributed by atoms with Gasteiger partial charge in [-0.25, -0.2) is 4.79 Å². The Hall–Kier alpha value is -2.66. The molecule has 0 aliphatic heterocycles. The van der Waals surface area contributed by atoms with Crippen LogP contribution in [0.1, 0.15) is 28.1 Å². The van der Waals surface area contributed by atoms with E-state index < -0.39 is 5.97 Å². The minimum absolute atomic E-state index is 0.0769. The van der Waals surface area contributed by atoms with Crippen LogP contribution in [0.4, 0.5) is 0 Å². The van der Waals surface area contributed by atoms with Crippen LogP contribution in [0.2, 0.25) is 5.02 Å². The van der Waals surface area contributed by atoms with E-state index in [1.54, 1.807) is 6.07 Å². The predicted molar refractivity (Wildman–Crippen MR) is 99.7 cm³/mol. The van der Waals surface area contributed by atoms with Crippen molar-refractivity contribution < 1.29 is 23.8 Å². The Morgan fingerprint density at radius 2 is 1.88 bits per heavy atom. The van der Waals surface area contributed by atoms with Crippen molar-refractivity contribution in [2.45, 2.75) is 20.3 Å². The number of benzene rings is 2. The van der Waals surface area contributed by atoms with Gasteiger partial charge in [-0.1, -0.05) is 11.6 Å². The van der Waals surface area contributed by atoms with Crippen molar-refractivity contribution in [1.82, 2.24) is 0 Å². The van der Waals surface area contributed by atoms with E-state index in [4.69, 9.17) is 30.6 Å². The summed E-state index contributed by atoms with van der Waals surface area (Å²) in [6, 6.07) is 10.7. The Morgan fingerprint density at radius 1 is 1.12 bits per heavy atom. The summed E-state index contributed by atoms with van der Waals surface area (Å²) in [5.74, 6) is 0.289. The maximum absolute atomic E-state index is 11.0. The van der Waals surface area contributed by atoms with Gasteiger partial charge < -0.3 is 19.0 Å². The van der Waals surface area contributed by atoms with Crippen molar-refractivity contribution in [1.29, 1.82) is 0 Å². The van der Waals surface area contributed by atoms with Crippen molar-refractivity contribution in [2.24, 2.45) is 0 Å². The van der Waals surface area contributed by atoms with Crippen LogP contribution in [0.5, 0.6) is 11.5 Å². The van der Waals surface area contributed by atoms with Crippen LogP contribution in [-0.4, -0.2) is 24.3 Å². The van der Waals surface area contributed by atoms with Crippen LogP contribution >= 0.6 is 11.6 Å². The third kappa shape index (κ3) is 3.94. The highest BCUT2D eigenvalue weighted by molar-refractivity contribution is 6.31. The summed E-state index contributed by atoms with van der Waals surface area (Å²) in [4.78, 5) is 11.0. The molecule has 0 amide bonds. The fourth-order valence-corrected chi connectivity index (χ4v) is 2.74. The van der Waals surface area contributed by atoms with Crippen LogP contribution in [0, 0.1) is 13.8 Å². The van der Waals surface area contributed by atoms with Gasteiger partial charge in [-0.3, -0.25) is 0 Å². The molecule has 0 radical (unpaired) electrons. The number of carboxylic acid groups (broad SMARTS) is 1. The van der Waals surface area contributed by atoms with E-state index in [1.807, 2.05) is 38.1 Å². The number of aromatic carboxylic acids is 1. The zero-order valence-corrected chi connectivity index (χ0v) is 15.3. The van der Waals surface area contributed by atoms with Gasteiger partial charge in [0.2, 0.25) is 5.76 Å². The number of carbonyl (C=O) groups is 1. The molecular weight excluding hydrogens is 356 g/mol. The molecule has 0 saturated heterocycles. The highest BCUT2D eigenvalue weighted by atomic mass is 35.5. The number of halogens is 1. The first-order valence-corrected chi connectivity index (χ1v) is 8.61. The molecule has 1 heterocycles. The van der Waals surface area contributed by atoms with E-state index >= 15 is 0 Å². The highest BCUT2D eigenvalue weighted by Crippen LogP contribution is 2.30. The lowest BCUT2D eigenvalue weighted by atomic mass is 10.1. The van der Waals surface area contributed by atoms with Crippen LogP contribution < -0.4 is 9.47 Å². The third-order valence-corrected chi connectivity index (χ3v) is 4.46. The monoisotopic (exact) mass is 374 g/mol. The average Bonchev–Trinajstić information content (AvgIpc) is 3.05. The molecule has 1 N–H and O–H groups in total. The summed E-state index contributed by atoms with van der Waals surface area (Å²) in [6.07, 6.45) is 0.706. The van der Waals surface area contributed by atoms with Gasteiger partial charge in [0.25, 0.3) is 0 Å². The van der Waals surface area contributed by atoms with Gasteiger partial charge >= 0.3 is 5.97 Å². The molecule has 26 heavy (non-hydrogen) atoms. The Balaban J connectivity index is 1.55. The van der Waals surface area contributed by atoms with Gasteiger partial charge in [0.15, 0.2) is 0 Å². The minimum Gasteiger partial charge on any atom is -0.493 e. The highest BCUT2D eigenvalue weighted by Gasteiger charge is 2.14. The first kappa shape index (κ1) is 18.1. The second-order valence-corrected chi connectivity index (χ2v) is 6.39. The average molecular weight is 375 g/mol. The van der Waals surface area contributed by atoms with Crippen molar-refractivity contribution in [3.05, 3.63) is 58.3 Å². The number of hydrogen-bond acceptors (Lipinski definition) is 4. The lowest BCUT2D eigenvalue weighted by molar-refractivity contribution is 0.0665. The number of rotatable bonds is 7. The first-order valence-electron chi connectivity index (χ1n) is 8.24. The molecule has 3 aromatic rings. The number of ether oxygens (including phenoxy) is 2. The summed E-state index contributed by atoms with van der Waals surface area (Å²) in [5.41, 5.74) is 2.29. The molecule has 3 rings (SSSR count). The van der Waals surface area contributed by atoms with Crippen LogP contribution in [-0.2, 0) is 0 Å². The van der Waals surface area contributed by atoms with E-state index in [9.17, 15) is 4.79 Å². The maximum atomic E-state index is 11.0. The largest absolute Gasteiger partial charge is 0.493 e. The zero-order valence-electron chi connectivity index (χ0n) is 14.5. The SMILES string of the molecule is Cc1cc(OCCCOc2ccc3cc(C(=O)O)oc3c2C)ccc1Cl. The molecule has 0 saturated carbocycles. The van der Waals surface area contributed by atoms with E-state index in [1.165, 1.54) is 6.07 Å². The molecule has 136 valence electrons. The molecule has 0 atom stereocenters. The van der Waals surface area contributed by atoms with Crippen LogP contribution in [0.15, 0.2) is 40.8 Å². The van der Waals surface area contributed by atoms with Gasteiger partial charge in [0, 0.05) is 22.4 Å². The first-order chi connectivity index (χ1) is 12.5. The number of fused-ring (bicyclic) bond motifs is 1. The van der Waals surface area contributed by atoms with Crippen LogP contribution in [0.25, 0.3) is 11.0 Å².